The van der Waals surface area contributed by atoms with E-state index in [0.29, 0.717) is 31.1 Å². The molecule has 1 N–H and O–H groups in total. The molecular formula is C20H21NO5. The molecule has 1 aliphatic heterocycles. The first-order chi connectivity index (χ1) is 12.7. The molecule has 1 unspecified atom stereocenters. The van der Waals surface area contributed by atoms with E-state index in [4.69, 9.17) is 14.2 Å². The van der Waals surface area contributed by atoms with E-state index in [0.717, 1.165) is 11.3 Å². The number of ether oxygens (including phenoxy) is 3. The van der Waals surface area contributed by atoms with E-state index in [2.05, 4.69) is 5.32 Å². The molecule has 2 aromatic carbocycles. The molecule has 0 spiro atoms. The lowest BCUT2D eigenvalue weighted by molar-refractivity contribution is -0.123. The zero-order chi connectivity index (χ0) is 18.4. The summed E-state index contributed by atoms with van der Waals surface area (Å²) >= 11 is 0. The molecule has 0 fully saturated rings. The van der Waals surface area contributed by atoms with E-state index < -0.39 is 6.10 Å². The fourth-order valence-electron chi connectivity index (χ4n) is 2.77. The van der Waals surface area contributed by atoms with E-state index >= 15 is 0 Å². The highest BCUT2D eigenvalue weighted by Gasteiger charge is 2.31. The zero-order valence-corrected chi connectivity index (χ0v) is 14.6. The molecule has 136 valence electrons. The highest BCUT2D eigenvalue weighted by Crippen LogP contribution is 2.32. The smallest absolute Gasteiger partial charge is 0.339 e. The van der Waals surface area contributed by atoms with Crippen LogP contribution in [0.2, 0.25) is 0 Å². The first-order valence-corrected chi connectivity index (χ1v) is 8.59. The lowest BCUT2D eigenvalue weighted by Gasteiger charge is -2.12. The summed E-state index contributed by atoms with van der Waals surface area (Å²) < 4.78 is 16.2. The molecule has 6 heteroatoms. The molecule has 0 bridgehead atoms. The topological polar surface area (TPSA) is 73.9 Å². The van der Waals surface area contributed by atoms with Crippen LogP contribution in [-0.4, -0.2) is 31.6 Å². The lowest BCUT2D eigenvalue weighted by Crippen LogP contribution is -2.29. The first-order valence-electron chi connectivity index (χ1n) is 8.59. The lowest BCUT2D eigenvalue weighted by atomic mass is 10.0. The number of carbonyl (C=O) groups excluding carboxylic acids is 2. The van der Waals surface area contributed by atoms with Crippen molar-refractivity contribution in [3.05, 3.63) is 59.7 Å². The maximum Gasteiger partial charge on any atom is 0.339 e. The van der Waals surface area contributed by atoms with Gasteiger partial charge in [0.25, 0.3) is 0 Å². The fraction of sp³-hybridized carbons (Fsp3) is 0.300. The number of nitrogens with one attached hydrogen (secondary N) is 1. The average Bonchev–Trinajstić information content (AvgIpc) is 2.96. The van der Waals surface area contributed by atoms with Gasteiger partial charge in [0.05, 0.1) is 25.1 Å². The standard InChI is InChI=1S/C20H21NO5/c1-2-24-14-7-9-15(10-8-14)25-12-11-21-19(22)13-18-16-5-3-4-6-17(16)20(23)26-18/h3-10,18H,2,11-13H2,1H3,(H,21,22). The van der Waals surface area contributed by atoms with Crippen molar-refractivity contribution in [3.63, 3.8) is 0 Å². The summed E-state index contributed by atoms with van der Waals surface area (Å²) in [5.74, 6) is 0.938. The van der Waals surface area contributed by atoms with Gasteiger partial charge in [-0.15, -0.1) is 0 Å². The van der Waals surface area contributed by atoms with Crippen molar-refractivity contribution < 1.29 is 23.8 Å². The van der Waals surface area contributed by atoms with Crippen molar-refractivity contribution in [2.75, 3.05) is 19.8 Å². The average molecular weight is 355 g/mol. The maximum absolute atomic E-state index is 12.1. The summed E-state index contributed by atoms with van der Waals surface area (Å²) in [6.45, 7) is 3.26. The second kappa shape index (κ2) is 8.38. The van der Waals surface area contributed by atoms with Crippen LogP contribution in [0, 0.1) is 0 Å². The van der Waals surface area contributed by atoms with Crippen molar-refractivity contribution in [3.8, 4) is 11.5 Å². The van der Waals surface area contributed by atoms with E-state index in [9.17, 15) is 9.59 Å². The van der Waals surface area contributed by atoms with Gasteiger partial charge in [-0.1, -0.05) is 18.2 Å². The minimum absolute atomic E-state index is 0.103. The summed E-state index contributed by atoms with van der Waals surface area (Å²) in [4.78, 5) is 23.8. The number of amides is 1. The van der Waals surface area contributed by atoms with Crippen molar-refractivity contribution in [2.45, 2.75) is 19.4 Å². The van der Waals surface area contributed by atoms with E-state index in [1.807, 2.05) is 43.3 Å². The molecule has 1 atom stereocenters. The Labute approximate surface area is 152 Å². The largest absolute Gasteiger partial charge is 0.494 e. The third-order valence-corrected chi connectivity index (χ3v) is 3.98. The summed E-state index contributed by atoms with van der Waals surface area (Å²) in [7, 11) is 0. The second-order valence-electron chi connectivity index (χ2n) is 5.79. The van der Waals surface area contributed by atoms with Crippen LogP contribution in [0.25, 0.3) is 0 Å². The minimum atomic E-state index is -0.522. The monoisotopic (exact) mass is 355 g/mol. The van der Waals surface area contributed by atoms with Gasteiger partial charge < -0.3 is 19.5 Å². The third kappa shape index (κ3) is 4.33. The Hall–Kier alpha value is -3.02. The Morgan fingerprint density at radius 3 is 2.50 bits per heavy atom. The number of esters is 1. The molecule has 3 rings (SSSR count). The van der Waals surface area contributed by atoms with Gasteiger partial charge in [0, 0.05) is 5.56 Å². The van der Waals surface area contributed by atoms with Crippen molar-refractivity contribution in [1.29, 1.82) is 0 Å². The van der Waals surface area contributed by atoms with Gasteiger partial charge >= 0.3 is 5.97 Å². The quantitative estimate of drug-likeness (QED) is 0.582. The van der Waals surface area contributed by atoms with Crippen LogP contribution in [0.4, 0.5) is 0 Å². The van der Waals surface area contributed by atoms with Crippen LogP contribution in [0.15, 0.2) is 48.5 Å². The Bertz CT molecular complexity index is 772. The Kier molecular flexibility index (Phi) is 5.73. The molecule has 0 saturated carbocycles. The molecule has 26 heavy (non-hydrogen) atoms. The van der Waals surface area contributed by atoms with Crippen LogP contribution in [0.1, 0.15) is 35.4 Å². The number of cyclic esters (lactones) is 1. The van der Waals surface area contributed by atoms with Gasteiger partial charge in [0.1, 0.15) is 24.2 Å². The Balaban J connectivity index is 1.40. The third-order valence-electron chi connectivity index (χ3n) is 3.98. The summed E-state index contributed by atoms with van der Waals surface area (Å²) in [6, 6.07) is 14.4. The zero-order valence-electron chi connectivity index (χ0n) is 14.6. The number of rotatable bonds is 8. The predicted molar refractivity (Wildman–Crippen MR) is 95.3 cm³/mol. The van der Waals surface area contributed by atoms with Crippen LogP contribution in [0.3, 0.4) is 0 Å². The number of benzene rings is 2. The maximum atomic E-state index is 12.1. The summed E-state index contributed by atoms with van der Waals surface area (Å²) in [5.41, 5.74) is 1.29. The predicted octanol–water partition coefficient (Wildman–Crippen LogP) is 2.88. The molecular weight excluding hydrogens is 334 g/mol. The number of hydrogen-bond donors (Lipinski definition) is 1. The van der Waals surface area contributed by atoms with E-state index in [-0.39, 0.29) is 18.3 Å². The molecule has 1 amide bonds. The van der Waals surface area contributed by atoms with Gasteiger partial charge in [-0.2, -0.15) is 0 Å². The number of fused-ring (bicyclic) bond motifs is 1. The molecule has 2 aromatic rings. The highest BCUT2D eigenvalue weighted by molar-refractivity contribution is 5.94. The van der Waals surface area contributed by atoms with Crippen molar-refractivity contribution in [2.24, 2.45) is 0 Å². The van der Waals surface area contributed by atoms with E-state index in [1.165, 1.54) is 0 Å². The van der Waals surface area contributed by atoms with Crippen molar-refractivity contribution >= 4 is 11.9 Å². The Morgan fingerprint density at radius 1 is 1.08 bits per heavy atom. The molecule has 6 nitrogen and oxygen atoms in total. The van der Waals surface area contributed by atoms with Gasteiger partial charge in [0.2, 0.25) is 5.91 Å². The summed E-state index contributed by atoms with van der Waals surface area (Å²) in [5, 5.41) is 2.78. The molecule has 1 aliphatic rings. The van der Waals surface area contributed by atoms with Crippen LogP contribution >= 0.6 is 0 Å². The van der Waals surface area contributed by atoms with Gasteiger partial charge in [0.15, 0.2) is 0 Å². The first kappa shape index (κ1) is 17.8. The van der Waals surface area contributed by atoms with E-state index in [1.54, 1.807) is 12.1 Å². The molecule has 0 radical (unpaired) electrons. The second-order valence-corrected chi connectivity index (χ2v) is 5.79. The Morgan fingerprint density at radius 2 is 1.77 bits per heavy atom. The molecule has 0 saturated heterocycles. The SMILES string of the molecule is CCOc1ccc(OCCNC(=O)CC2OC(=O)c3ccccc32)cc1. The minimum Gasteiger partial charge on any atom is -0.494 e. The van der Waals surface area contributed by atoms with Crippen LogP contribution < -0.4 is 14.8 Å². The fourth-order valence-corrected chi connectivity index (χ4v) is 2.77. The van der Waals surface area contributed by atoms with Gasteiger partial charge in [-0.25, -0.2) is 4.79 Å². The number of hydrogen-bond acceptors (Lipinski definition) is 5. The number of carbonyl (C=O) groups is 2. The highest BCUT2D eigenvalue weighted by atomic mass is 16.5. The van der Waals surface area contributed by atoms with Crippen molar-refractivity contribution in [1.82, 2.24) is 5.32 Å². The molecule has 0 aromatic heterocycles. The molecule has 0 aliphatic carbocycles. The molecule has 1 heterocycles. The van der Waals surface area contributed by atoms with Crippen LogP contribution in [-0.2, 0) is 9.53 Å². The van der Waals surface area contributed by atoms with Crippen LogP contribution in [0.5, 0.6) is 11.5 Å². The summed E-state index contributed by atoms with van der Waals surface area (Å²) in [6.07, 6.45) is -0.419. The van der Waals surface area contributed by atoms with Gasteiger partial charge in [-0.05, 0) is 37.3 Å². The normalized spacial score (nSPS) is 15.1. The van der Waals surface area contributed by atoms with Gasteiger partial charge in [-0.3, -0.25) is 4.79 Å².